The third-order valence-corrected chi connectivity index (χ3v) is 3.46. The van der Waals surface area contributed by atoms with Crippen LogP contribution < -0.4 is 0 Å². The molecule has 1 nitrogen and oxygen atoms in total. The Bertz CT molecular complexity index is 309. The van der Waals surface area contributed by atoms with Crippen LogP contribution in [0.2, 0.25) is 0 Å². The molecule has 0 bridgehead atoms. The summed E-state index contributed by atoms with van der Waals surface area (Å²) in [4.78, 5) is 5.48. The molecule has 0 unspecified atom stereocenters. The van der Waals surface area contributed by atoms with Crippen molar-refractivity contribution in [2.75, 3.05) is 5.88 Å². The molecule has 0 amide bonds. The van der Waals surface area contributed by atoms with Crippen LogP contribution in [0.1, 0.15) is 5.56 Å². The molecule has 2 rings (SSSR count). The summed E-state index contributed by atoms with van der Waals surface area (Å²) in [6, 6.07) is 6.17. The second-order valence-electron chi connectivity index (χ2n) is 2.24. The van der Waals surface area contributed by atoms with Crippen molar-refractivity contribution >= 4 is 33.9 Å². The first kappa shape index (κ1) is 7.37. The van der Waals surface area contributed by atoms with Gasteiger partial charge < -0.3 is 0 Å². The van der Waals surface area contributed by atoms with Crippen molar-refractivity contribution < 1.29 is 0 Å². The van der Waals surface area contributed by atoms with E-state index in [1.807, 2.05) is 12.3 Å². The van der Waals surface area contributed by atoms with Crippen LogP contribution in [0.3, 0.4) is 0 Å². The first-order valence-corrected chi connectivity index (χ1v) is 5.07. The lowest BCUT2D eigenvalue weighted by Gasteiger charge is -2.09. The van der Waals surface area contributed by atoms with Gasteiger partial charge in [0.25, 0.3) is 0 Å². The molecule has 1 aliphatic heterocycles. The minimum atomic E-state index is 0.843. The number of hydrogen-bond donors (Lipinski definition) is 0. The molecule has 0 aliphatic carbocycles. The maximum atomic E-state index is 4.18. The largest absolute Gasteiger partial charge is 0.281 e. The van der Waals surface area contributed by atoms with E-state index < -0.39 is 0 Å². The third-order valence-electron chi connectivity index (χ3n) is 1.51. The van der Waals surface area contributed by atoms with Crippen molar-refractivity contribution in [2.45, 2.75) is 4.90 Å². The zero-order chi connectivity index (χ0) is 7.68. The van der Waals surface area contributed by atoms with E-state index in [0.29, 0.717) is 0 Å². The number of fused-ring (bicyclic) bond motifs is 1. The molecular formula is C8H6BrNS. The Hall–Kier alpha value is -0.280. The molecule has 1 aromatic rings. The van der Waals surface area contributed by atoms with Crippen molar-refractivity contribution in [2.24, 2.45) is 4.99 Å². The molecule has 11 heavy (non-hydrogen) atoms. The predicted molar refractivity (Wildman–Crippen MR) is 52.5 cm³/mol. The first-order chi connectivity index (χ1) is 5.38. The molecule has 56 valence electrons. The lowest BCUT2D eigenvalue weighted by atomic mass is 10.2. The smallest absolute Gasteiger partial charge is 0.0890 e. The van der Waals surface area contributed by atoms with Gasteiger partial charge in [-0.1, -0.05) is 12.1 Å². The van der Waals surface area contributed by atoms with E-state index in [4.69, 9.17) is 0 Å². The summed E-state index contributed by atoms with van der Waals surface area (Å²) in [5, 5.41) is 0. The van der Waals surface area contributed by atoms with E-state index in [-0.39, 0.29) is 0 Å². The highest BCUT2D eigenvalue weighted by Gasteiger charge is 2.07. The van der Waals surface area contributed by atoms with Gasteiger partial charge in [-0.2, -0.15) is 0 Å². The highest BCUT2D eigenvalue weighted by Crippen LogP contribution is 2.32. The van der Waals surface area contributed by atoms with Crippen LogP contribution in [0.5, 0.6) is 0 Å². The monoisotopic (exact) mass is 227 g/mol. The number of benzene rings is 1. The van der Waals surface area contributed by atoms with E-state index in [2.05, 4.69) is 33.1 Å². The van der Waals surface area contributed by atoms with E-state index >= 15 is 0 Å². The number of hydrogen-bond acceptors (Lipinski definition) is 2. The van der Waals surface area contributed by atoms with Gasteiger partial charge in [0.05, 0.1) is 5.88 Å². The van der Waals surface area contributed by atoms with Gasteiger partial charge in [-0.25, -0.2) is 0 Å². The molecule has 3 heteroatoms. The van der Waals surface area contributed by atoms with Crippen LogP contribution in [0.4, 0.5) is 0 Å². The number of nitrogens with zero attached hydrogens (tertiary/aromatic N) is 1. The summed E-state index contributed by atoms with van der Waals surface area (Å²) in [6.45, 7) is 0. The van der Waals surface area contributed by atoms with Crippen molar-refractivity contribution in [3.8, 4) is 0 Å². The second kappa shape index (κ2) is 2.99. The minimum absolute atomic E-state index is 0.843. The first-order valence-electron chi connectivity index (χ1n) is 3.29. The fourth-order valence-corrected chi connectivity index (χ4v) is 2.51. The Kier molecular flexibility index (Phi) is 2.00. The van der Waals surface area contributed by atoms with Crippen LogP contribution in [0.25, 0.3) is 0 Å². The third kappa shape index (κ3) is 1.35. The molecule has 1 aromatic carbocycles. The Morgan fingerprint density at radius 2 is 2.36 bits per heavy atom. The molecule has 1 heterocycles. The summed E-state index contributed by atoms with van der Waals surface area (Å²) >= 11 is 5.27. The predicted octanol–water partition coefficient (Wildman–Crippen LogP) is 2.93. The molecular weight excluding hydrogens is 222 g/mol. The summed E-state index contributed by atoms with van der Waals surface area (Å²) in [5.41, 5.74) is 1.22. The van der Waals surface area contributed by atoms with Crippen LogP contribution in [0, 0.1) is 0 Å². The van der Waals surface area contributed by atoms with Gasteiger partial charge in [0.15, 0.2) is 0 Å². The normalized spacial score (nSPS) is 14.6. The van der Waals surface area contributed by atoms with Gasteiger partial charge in [0.2, 0.25) is 0 Å². The van der Waals surface area contributed by atoms with E-state index in [0.717, 1.165) is 5.88 Å². The number of rotatable bonds is 0. The van der Waals surface area contributed by atoms with Gasteiger partial charge in [-0.15, -0.1) is 11.8 Å². The highest BCUT2D eigenvalue weighted by molar-refractivity contribution is 9.10. The number of thioether (sulfide) groups is 1. The topological polar surface area (TPSA) is 12.4 Å². The van der Waals surface area contributed by atoms with Crippen LogP contribution in [0.15, 0.2) is 32.6 Å². The second-order valence-corrected chi connectivity index (χ2v) is 4.05. The number of halogens is 1. The Morgan fingerprint density at radius 1 is 1.45 bits per heavy atom. The summed E-state index contributed by atoms with van der Waals surface area (Å²) in [6.07, 6.45) is 1.93. The molecule has 0 saturated heterocycles. The van der Waals surface area contributed by atoms with Gasteiger partial charge >= 0.3 is 0 Å². The van der Waals surface area contributed by atoms with Crippen LogP contribution in [-0.4, -0.2) is 12.1 Å². The van der Waals surface area contributed by atoms with Crippen molar-refractivity contribution in [1.29, 1.82) is 0 Å². The maximum Gasteiger partial charge on any atom is 0.0890 e. The fraction of sp³-hybridized carbons (Fsp3) is 0.125. The van der Waals surface area contributed by atoms with Crippen LogP contribution in [-0.2, 0) is 0 Å². The summed E-state index contributed by atoms with van der Waals surface area (Å²) in [5.74, 6) is 0.843. The molecule has 0 aromatic heterocycles. The van der Waals surface area contributed by atoms with Crippen LogP contribution >= 0.6 is 27.7 Å². The molecule has 0 N–H and O–H groups in total. The molecule has 0 atom stereocenters. The minimum Gasteiger partial charge on any atom is -0.281 e. The maximum absolute atomic E-state index is 4.18. The van der Waals surface area contributed by atoms with Crippen molar-refractivity contribution in [1.82, 2.24) is 0 Å². The van der Waals surface area contributed by atoms with E-state index in [1.165, 1.54) is 14.9 Å². The Morgan fingerprint density at radius 3 is 3.18 bits per heavy atom. The standard InChI is InChI=1S/C8H6BrNS/c9-7-3-1-2-6-4-10-5-11-8(6)7/h1-4H,5H2. The fourth-order valence-electron chi connectivity index (χ4n) is 1.02. The van der Waals surface area contributed by atoms with Gasteiger partial charge in [0, 0.05) is 21.1 Å². The van der Waals surface area contributed by atoms with Gasteiger partial charge in [-0.05, 0) is 22.0 Å². The highest BCUT2D eigenvalue weighted by atomic mass is 79.9. The SMILES string of the molecule is Brc1cccc2c1SCN=C2. The van der Waals surface area contributed by atoms with Crippen molar-refractivity contribution in [3.05, 3.63) is 28.2 Å². The zero-order valence-electron chi connectivity index (χ0n) is 5.75. The van der Waals surface area contributed by atoms with Gasteiger partial charge in [0.1, 0.15) is 0 Å². The Balaban J connectivity index is 2.60. The molecule has 1 aliphatic rings. The molecule has 0 radical (unpaired) electrons. The summed E-state index contributed by atoms with van der Waals surface area (Å²) in [7, 11) is 0. The van der Waals surface area contributed by atoms with Crippen molar-refractivity contribution in [3.63, 3.8) is 0 Å². The molecule has 0 fully saturated rings. The Labute approximate surface area is 78.0 Å². The van der Waals surface area contributed by atoms with E-state index in [9.17, 15) is 0 Å². The lowest BCUT2D eigenvalue weighted by molar-refractivity contribution is 1.29. The summed E-state index contributed by atoms with van der Waals surface area (Å²) < 4.78 is 1.17. The molecule has 0 spiro atoms. The van der Waals surface area contributed by atoms with E-state index in [1.54, 1.807) is 11.8 Å². The number of aliphatic imine (C=N–C) groups is 1. The quantitative estimate of drug-likeness (QED) is 0.665. The zero-order valence-corrected chi connectivity index (χ0v) is 8.15. The van der Waals surface area contributed by atoms with Gasteiger partial charge in [-0.3, -0.25) is 4.99 Å². The average molecular weight is 228 g/mol. The average Bonchev–Trinajstić information content (AvgIpc) is 2.06. The lowest BCUT2D eigenvalue weighted by Crippen LogP contribution is -1.93. The molecule has 0 saturated carbocycles.